The molecule has 0 radical (unpaired) electrons. The minimum atomic E-state index is -0.241. The van der Waals surface area contributed by atoms with E-state index in [0.717, 1.165) is 39.0 Å². The van der Waals surface area contributed by atoms with Gasteiger partial charge in [0.25, 0.3) is 5.91 Å². The summed E-state index contributed by atoms with van der Waals surface area (Å²) in [6.45, 7) is 4.40. The molecular formula is C30H26ClN5O2S. The van der Waals surface area contributed by atoms with Gasteiger partial charge >= 0.3 is 0 Å². The van der Waals surface area contributed by atoms with Gasteiger partial charge in [0, 0.05) is 16.3 Å². The SMILES string of the molecule is CCOc1ccc(-n2c(SCC(=O)NN=C(C)c3ccc4ccccc4c3)nnc2-c2ccc(Cl)cc2)cc1. The molecule has 9 heteroatoms. The van der Waals surface area contributed by atoms with E-state index in [2.05, 4.69) is 38.9 Å². The normalized spacial score (nSPS) is 11.5. The largest absolute Gasteiger partial charge is 0.494 e. The van der Waals surface area contributed by atoms with Crippen LogP contribution in [0.5, 0.6) is 5.75 Å². The molecule has 0 aliphatic rings. The second-order valence-electron chi connectivity index (χ2n) is 8.66. The molecule has 1 amide bonds. The van der Waals surface area contributed by atoms with Gasteiger partial charge in [-0.25, -0.2) is 5.43 Å². The number of hydrazone groups is 1. The number of hydrogen-bond donors (Lipinski definition) is 1. The number of thioether (sulfide) groups is 1. The summed E-state index contributed by atoms with van der Waals surface area (Å²) in [5, 5.41) is 16.6. The molecule has 1 N–H and O–H groups in total. The number of amides is 1. The van der Waals surface area contributed by atoms with Crippen molar-refractivity contribution in [2.75, 3.05) is 12.4 Å². The molecule has 0 saturated heterocycles. The van der Waals surface area contributed by atoms with Gasteiger partial charge in [-0.05, 0) is 84.8 Å². The minimum absolute atomic E-state index is 0.115. The number of nitrogens with one attached hydrogen (secondary N) is 1. The molecule has 1 heterocycles. The van der Waals surface area contributed by atoms with Crippen molar-refractivity contribution in [1.29, 1.82) is 0 Å². The summed E-state index contributed by atoms with van der Waals surface area (Å²) in [6, 6.07) is 29.3. The monoisotopic (exact) mass is 555 g/mol. The van der Waals surface area contributed by atoms with Crippen LogP contribution in [0.15, 0.2) is 101 Å². The maximum Gasteiger partial charge on any atom is 0.250 e. The van der Waals surface area contributed by atoms with Crippen LogP contribution < -0.4 is 10.2 Å². The molecule has 0 unspecified atom stereocenters. The van der Waals surface area contributed by atoms with Crippen molar-refractivity contribution in [2.45, 2.75) is 19.0 Å². The highest BCUT2D eigenvalue weighted by atomic mass is 35.5. The number of carbonyl (C=O) groups is 1. The molecule has 0 aliphatic carbocycles. The van der Waals surface area contributed by atoms with E-state index in [1.54, 1.807) is 0 Å². The number of aromatic nitrogens is 3. The van der Waals surface area contributed by atoms with Gasteiger partial charge in [0.15, 0.2) is 11.0 Å². The molecule has 4 aromatic carbocycles. The first-order chi connectivity index (χ1) is 19.0. The summed E-state index contributed by atoms with van der Waals surface area (Å²) in [6.07, 6.45) is 0. The van der Waals surface area contributed by atoms with Crippen molar-refractivity contribution in [3.8, 4) is 22.8 Å². The molecule has 0 atom stereocenters. The molecule has 1 aromatic heterocycles. The molecule has 39 heavy (non-hydrogen) atoms. The van der Waals surface area contributed by atoms with Crippen molar-refractivity contribution < 1.29 is 9.53 Å². The molecule has 0 fully saturated rings. The topological polar surface area (TPSA) is 81.4 Å². The van der Waals surface area contributed by atoms with Gasteiger partial charge in [-0.15, -0.1) is 10.2 Å². The lowest BCUT2D eigenvalue weighted by molar-refractivity contribution is -0.118. The van der Waals surface area contributed by atoms with E-state index < -0.39 is 0 Å². The molecule has 0 aliphatic heterocycles. The third-order valence-electron chi connectivity index (χ3n) is 5.99. The number of halogens is 1. The number of nitrogens with zero attached hydrogens (tertiary/aromatic N) is 4. The number of ether oxygens (including phenoxy) is 1. The minimum Gasteiger partial charge on any atom is -0.494 e. The van der Waals surface area contributed by atoms with Crippen LogP contribution in [0.1, 0.15) is 19.4 Å². The van der Waals surface area contributed by atoms with Crippen LogP contribution in [0.4, 0.5) is 0 Å². The molecule has 196 valence electrons. The molecule has 0 spiro atoms. The van der Waals surface area contributed by atoms with E-state index in [0.29, 0.717) is 22.6 Å². The Morgan fingerprint density at radius 3 is 2.46 bits per heavy atom. The zero-order valence-corrected chi connectivity index (χ0v) is 23.0. The third-order valence-corrected chi connectivity index (χ3v) is 7.17. The van der Waals surface area contributed by atoms with E-state index in [1.165, 1.54) is 11.8 Å². The Bertz CT molecular complexity index is 1630. The number of carbonyl (C=O) groups excluding carboxylic acids is 1. The summed E-state index contributed by atoms with van der Waals surface area (Å²) in [4.78, 5) is 12.7. The first kappa shape index (κ1) is 26.5. The van der Waals surface area contributed by atoms with Crippen molar-refractivity contribution in [1.82, 2.24) is 20.2 Å². The van der Waals surface area contributed by atoms with Crippen LogP contribution in [-0.4, -0.2) is 38.7 Å². The predicted octanol–water partition coefficient (Wildman–Crippen LogP) is 6.77. The molecule has 0 saturated carbocycles. The summed E-state index contributed by atoms with van der Waals surface area (Å²) < 4.78 is 7.51. The summed E-state index contributed by atoms with van der Waals surface area (Å²) >= 11 is 7.38. The lowest BCUT2D eigenvalue weighted by Crippen LogP contribution is -2.21. The number of fused-ring (bicyclic) bond motifs is 1. The van der Waals surface area contributed by atoms with Crippen LogP contribution >= 0.6 is 23.4 Å². The predicted molar refractivity (Wildman–Crippen MR) is 158 cm³/mol. The van der Waals surface area contributed by atoms with Gasteiger partial charge < -0.3 is 4.74 Å². The first-order valence-electron chi connectivity index (χ1n) is 12.4. The Balaban J connectivity index is 1.33. The van der Waals surface area contributed by atoms with Gasteiger partial charge in [0.2, 0.25) is 0 Å². The van der Waals surface area contributed by atoms with Crippen molar-refractivity contribution in [3.05, 3.63) is 102 Å². The Kier molecular flexibility index (Phi) is 8.24. The highest BCUT2D eigenvalue weighted by Crippen LogP contribution is 2.29. The Labute approximate surface area is 235 Å². The zero-order valence-electron chi connectivity index (χ0n) is 21.5. The van der Waals surface area contributed by atoms with Gasteiger partial charge in [0.1, 0.15) is 5.75 Å². The standard InChI is InChI=1S/C30H26ClN5O2S/c1-3-38-27-16-14-26(15-17-27)36-29(22-10-12-25(31)13-11-22)34-35-30(36)39-19-28(37)33-32-20(2)23-9-8-21-6-4-5-7-24(21)18-23/h4-18H,3,19H2,1-2H3,(H,33,37). The summed E-state index contributed by atoms with van der Waals surface area (Å²) in [5.74, 6) is 1.29. The third kappa shape index (κ3) is 6.30. The second-order valence-corrected chi connectivity index (χ2v) is 10.0. The van der Waals surface area contributed by atoms with Crippen LogP contribution in [0.3, 0.4) is 0 Å². The van der Waals surface area contributed by atoms with Gasteiger partial charge in [0.05, 0.1) is 18.1 Å². The van der Waals surface area contributed by atoms with E-state index in [-0.39, 0.29) is 11.7 Å². The van der Waals surface area contributed by atoms with Crippen molar-refractivity contribution >= 4 is 45.8 Å². The summed E-state index contributed by atoms with van der Waals surface area (Å²) in [7, 11) is 0. The highest BCUT2D eigenvalue weighted by Gasteiger charge is 2.17. The summed E-state index contributed by atoms with van der Waals surface area (Å²) in [5.41, 5.74) is 6.04. The molecular weight excluding hydrogens is 530 g/mol. The fourth-order valence-corrected chi connectivity index (χ4v) is 4.90. The number of rotatable bonds is 9. The number of hydrogen-bond acceptors (Lipinski definition) is 6. The Morgan fingerprint density at radius 1 is 0.974 bits per heavy atom. The van der Waals surface area contributed by atoms with E-state index in [9.17, 15) is 4.79 Å². The van der Waals surface area contributed by atoms with Crippen LogP contribution in [-0.2, 0) is 4.79 Å². The fourth-order valence-electron chi connectivity index (χ4n) is 4.03. The van der Waals surface area contributed by atoms with Gasteiger partial charge in [-0.1, -0.05) is 59.8 Å². The van der Waals surface area contributed by atoms with Crippen molar-refractivity contribution in [2.24, 2.45) is 5.10 Å². The molecule has 5 aromatic rings. The highest BCUT2D eigenvalue weighted by molar-refractivity contribution is 7.99. The van der Waals surface area contributed by atoms with Gasteiger partial charge in [-0.2, -0.15) is 5.10 Å². The van der Waals surface area contributed by atoms with Crippen LogP contribution in [0, 0.1) is 0 Å². The van der Waals surface area contributed by atoms with Crippen LogP contribution in [0.2, 0.25) is 5.02 Å². The lowest BCUT2D eigenvalue weighted by Gasteiger charge is -2.11. The van der Waals surface area contributed by atoms with Gasteiger partial charge in [-0.3, -0.25) is 9.36 Å². The average molecular weight is 556 g/mol. The second kappa shape index (κ2) is 12.1. The molecule has 0 bridgehead atoms. The van der Waals surface area contributed by atoms with E-state index in [1.807, 2.05) is 91.2 Å². The number of benzene rings is 4. The fraction of sp³-hybridized carbons (Fsp3) is 0.133. The van der Waals surface area contributed by atoms with Crippen molar-refractivity contribution in [3.63, 3.8) is 0 Å². The lowest BCUT2D eigenvalue weighted by atomic mass is 10.0. The molecule has 5 rings (SSSR count). The Hall–Kier alpha value is -4.14. The molecule has 7 nitrogen and oxygen atoms in total. The maximum atomic E-state index is 12.7. The Morgan fingerprint density at radius 2 is 1.72 bits per heavy atom. The average Bonchev–Trinajstić information content (AvgIpc) is 3.39. The van der Waals surface area contributed by atoms with E-state index >= 15 is 0 Å². The van der Waals surface area contributed by atoms with Crippen LogP contribution in [0.25, 0.3) is 27.8 Å². The zero-order chi connectivity index (χ0) is 27.2. The quantitative estimate of drug-likeness (QED) is 0.123. The van der Waals surface area contributed by atoms with E-state index in [4.69, 9.17) is 16.3 Å². The first-order valence-corrected chi connectivity index (χ1v) is 13.8. The smallest absolute Gasteiger partial charge is 0.250 e. The maximum absolute atomic E-state index is 12.7.